The second-order valence-corrected chi connectivity index (χ2v) is 4.58. The molecule has 1 aliphatic heterocycles. The summed E-state index contributed by atoms with van der Waals surface area (Å²) in [5, 5.41) is 8.78. The Morgan fingerprint density at radius 1 is 1.44 bits per heavy atom. The van der Waals surface area contributed by atoms with Crippen LogP contribution in [0, 0.1) is 17.2 Å². The highest BCUT2D eigenvalue weighted by Crippen LogP contribution is 2.17. The van der Waals surface area contributed by atoms with Crippen LogP contribution in [0.2, 0.25) is 0 Å². The fraction of sp³-hybridized carbons (Fsp3) is 0.538. The molecule has 1 aromatic heterocycles. The van der Waals surface area contributed by atoms with Crippen molar-refractivity contribution in [2.45, 2.75) is 26.3 Å². The Morgan fingerprint density at radius 2 is 2.19 bits per heavy atom. The Morgan fingerprint density at radius 3 is 2.88 bits per heavy atom. The van der Waals surface area contributed by atoms with Gasteiger partial charge < -0.3 is 0 Å². The number of hydrogen-bond acceptors (Lipinski definition) is 3. The van der Waals surface area contributed by atoms with Crippen LogP contribution in [0.1, 0.15) is 31.2 Å². The van der Waals surface area contributed by atoms with Crippen molar-refractivity contribution in [1.29, 1.82) is 5.26 Å². The summed E-state index contributed by atoms with van der Waals surface area (Å²) in [6.45, 7) is 5.49. The molecule has 1 fully saturated rings. The van der Waals surface area contributed by atoms with Gasteiger partial charge in [-0.15, -0.1) is 0 Å². The van der Waals surface area contributed by atoms with E-state index in [4.69, 9.17) is 5.26 Å². The molecule has 2 rings (SSSR count). The molecule has 0 aromatic carbocycles. The van der Waals surface area contributed by atoms with E-state index in [1.54, 1.807) is 6.07 Å². The van der Waals surface area contributed by atoms with Gasteiger partial charge in [-0.25, -0.2) is 4.98 Å². The maximum Gasteiger partial charge on any atom is 0.140 e. The summed E-state index contributed by atoms with van der Waals surface area (Å²) in [6.07, 6.45) is 2.55. The second kappa shape index (κ2) is 5.09. The van der Waals surface area contributed by atoms with Crippen LogP contribution < -0.4 is 0 Å². The van der Waals surface area contributed by atoms with E-state index in [2.05, 4.69) is 22.9 Å². The smallest absolute Gasteiger partial charge is 0.140 e. The van der Waals surface area contributed by atoms with Gasteiger partial charge in [-0.3, -0.25) is 4.90 Å². The number of nitriles is 1. The van der Waals surface area contributed by atoms with Crippen molar-refractivity contribution in [3.8, 4) is 6.07 Å². The molecule has 1 saturated heterocycles. The third-order valence-electron chi connectivity index (χ3n) is 3.18. The van der Waals surface area contributed by atoms with E-state index in [0.717, 1.165) is 31.2 Å². The molecular formula is C13H17N3. The molecule has 0 aliphatic carbocycles. The molecule has 2 heterocycles. The highest BCUT2D eigenvalue weighted by Gasteiger charge is 2.15. The van der Waals surface area contributed by atoms with Crippen molar-refractivity contribution in [2.24, 2.45) is 5.92 Å². The lowest BCUT2D eigenvalue weighted by Crippen LogP contribution is -2.32. The van der Waals surface area contributed by atoms with Gasteiger partial charge in [0.05, 0.1) is 5.69 Å². The summed E-state index contributed by atoms with van der Waals surface area (Å²) in [4.78, 5) is 6.72. The van der Waals surface area contributed by atoms with Crippen LogP contribution in [0.5, 0.6) is 0 Å². The maximum atomic E-state index is 8.78. The van der Waals surface area contributed by atoms with Gasteiger partial charge in [0.25, 0.3) is 0 Å². The molecule has 3 heteroatoms. The fourth-order valence-corrected chi connectivity index (χ4v) is 2.08. The predicted octanol–water partition coefficient (Wildman–Crippen LogP) is 2.19. The third-order valence-corrected chi connectivity index (χ3v) is 3.18. The van der Waals surface area contributed by atoms with Crippen LogP contribution in [-0.2, 0) is 6.54 Å². The minimum Gasteiger partial charge on any atom is -0.297 e. The number of piperidine rings is 1. The molecule has 0 spiro atoms. The lowest BCUT2D eigenvalue weighted by molar-refractivity contribution is 0.183. The average Bonchev–Trinajstić information content (AvgIpc) is 2.32. The summed E-state index contributed by atoms with van der Waals surface area (Å²) >= 11 is 0. The Balaban J connectivity index is 1.96. The molecule has 0 atom stereocenters. The zero-order chi connectivity index (χ0) is 11.4. The minimum atomic E-state index is 0.517. The third kappa shape index (κ3) is 2.80. The SMILES string of the molecule is CC1CCN(Cc2cccc(C#N)n2)CC1. The molecule has 0 amide bonds. The zero-order valence-corrected chi connectivity index (χ0v) is 9.69. The van der Waals surface area contributed by atoms with E-state index in [9.17, 15) is 0 Å². The summed E-state index contributed by atoms with van der Waals surface area (Å²) in [6, 6.07) is 7.74. The van der Waals surface area contributed by atoms with Crippen molar-refractivity contribution < 1.29 is 0 Å². The summed E-state index contributed by atoms with van der Waals surface area (Å²) in [5.41, 5.74) is 1.52. The summed E-state index contributed by atoms with van der Waals surface area (Å²) in [5.74, 6) is 0.856. The quantitative estimate of drug-likeness (QED) is 0.759. The van der Waals surface area contributed by atoms with Crippen LogP contribution in [0.25, 0.3) is 0 Å². The Kier molecular flexibility index (Phi) is 3.53. The highest BCUT2D eigenvalue weighted by atomic mass is 15.1. The van der Waals surface area contributed by atoms with Gasteiger partial charge in [0, 0.05) is 6.54 Å². The number of hydrogen-bond donors (Lipinski definition) is 0. The van der Waals surface area contributed by atoms with Gasteiger partial charge in [-0.05, 0) is 44.0 Å². The van der Waals surface area contributed by atoms with Crippen molar-refractivity contribution in [2.75, 3.05) is 13.1 Å². The van der Waals surface area contributed by atoms with Gasteiger partial charge in [0.2, 0.25) is 0 Å². The standard InChI is InChI=1S/C13H17N3/c1-11-5-7-16(8-6-11)10-13-4-2-3-12(9-14)15-13/h2-4,11H,5-8,10H2,1H3. The van der Waals surface area contributed by atoms with Crippen molar-refractivity contribution >= 4 is 0 Å². The van der Waals surface area contributed by atoms with Gasteiger partial charge >= 0.3 is 0 Å². The molecule has 0 saturated carbocycles. The number of nitrogens with zero attached hydrogens (tertiary/aromatic N) is 3. The maximum absolute atomic E-state index is 8.78. The monoisotopic (exact) mass is 215 g/mol. The first-order chi connectivity index (χ1) is 7.78. The van der Waals surface area contributed by atoms with Gasteiger partial charge in [-0.2, -0.15) is 5.26 Å². The van der Waals surface area contributed by atoms with E-state index >= 15 is 0 Å². The lowest BCUT2D eigenvalue weighted by Gasteiger charge is -2.29. The normalized spacial score (nSPS) is 18.2. The summed E-state index contributed by atoms with van der Waals surface area (Å²) in [7, 11) is 0. The van der Waals surface area contributed by atoms with E-state index in [0.29, 0.717) is 5.69 Å². The van der Waals surface area contributed by atoms with Gasteiger partial charge in [-0.1, -0.05) is 13.0 Å². The topological polar surface area (TPSA) is 39.9 Å². The van der Waals surface area contributed by atoms with Gasteiger partial charge in [0.1, 0.15) is 11.8 Å². The predicted molar refractivity (Wildman–Crippen MR) is 62.6 cm³/mol. The van der Waals surface area contributed by atoms with Crippen LogP contribution in [0.15, 0.2) is 18.2 Å². The number of pyridine rings is 1. The average molecular weight is 215 g/mol. The second-order valence-electron chi connectivity index (χ2n) is 4.58. The molecule has 16 heavy (non-hydrogen) atoms. The first-order valence-corrected chi connectivity index (χ1v) is 5.86. The molecule has 0 bridgehead atoms. The van der Waals surface area contributed by atoms with Crippen LogP contribution in [0.4, 0.5) is 0 Å². The zero-order valence-electron chi connectivity index (χ0n) is 9.69. The van der Waals surface area contributed by atoms with Crippen LogP contribution in [0.3, 0.4) is 0 Å². The van der Waals surface area contributed by atoms with Crippen molar-refractivity contribution in [1.82, 2.24) is 9.88 Å². The van der Waals surface area contributed by atoms with Crippen LogP contribution >= 0.6 is 0 Å². The molecular weight excluding hydrogens is 198 g/mol. The van der Waals surface area contributed by atoms with E-state index in [1.807, 2.05) is 12.1 Å². The summed E-state index contributed by atoms with van der Waals surface area (Å²) < 4.78 is 0. The molecule has 0 N–H and O–H groups in total. The largest absolute Gasteiger partial charge is 0.297 e. The Hall–Kier alpha value is -1.40. The Labute approximate surface area is 96.7 Å². The number of likely N-dealkylation sites (tertiary alicyclic amines) is 1. The first kappa shape index (κ1) is 11.1. The van der Waals surface area contributed by atoms with E-state index < -0.39 is 0 Å². The fourth-order valence-electron chi connectivity index (χ4n) is 2.08. The molecule has 84 valence electrons. The minimum absolute atomic E-state index is 0.517. The van der Waals surface area contributed by atoms with Crippen molar-refractivity contribution in [3.05, 3.63) is 29.6 Å². The molecule has 0 radical (unpaired) electrons. The lowest BCUT2D eigenvalue weighted by atomic mass is 9.99. The van der Waals surface area contributed by atoms with Gasteiger partial charge in [0.15, 0.2) is 0 Å². The first-order valence-electron chi connectivity index (χ1n) is 5.86. The highest BCUT2D eigenvalue weighted by molar-refractivity contribution is 5.22. The van der Waals surface area contributed by atoms with Crippen LogP contribution in [-0.4, -0.2) is 23.0 Å². The molecule has 3 nitrogen and oxygen atoms in total. The Bertz CT molecular complexity index is 386. The van der Waals surface area contributed by atoms with Crippen molar-refractivity contribution in [3.63, 3.8) is 0 Å². The number of aromatic nitrogens is 1. The van der Waals surface area contributed by atoms with E-state index in [1.165, 1.54) is 12.8 Å². The molecule has 0 unspecified atom stereocenters. The number of rotatable bonds is 2. The van der Waals surface area contributed by atoms with E-state index in [-0.39, 0.29) is 0 Å². The molecule has 1 aliphatic rings. The molecule has 1 aromatic rings.